The summed E-state index contributed by atoms with van der Waals surface area (Å²) in [5.74, 6) is 0.901. The standard InChI is InChI=1S/C23H29FN8O2/c1-12-5-15(10-30(9-12)16-8-26-31(11-16)13(2)14(3)33)21-28-22-17-6-18(24)20(34-4)7-19(17)27-23(25)32(22)29-21/h6-8,11-15,33H,5,9-10H2,1-4H3,(H2,25,27). The smallest absolute Gasteiger partial charge is 0.223 e. The van der Waals surface area contributed by atoms with Gasteiger partial charge >= 0.3 is 0 Å². The molecule has 3 aromatic heterocycles. The first-order valence-corrected chi connectivity index (χ1v) is 11.4. The van der Waals surface area contributed by atoms with Crippen LogP contribution in [0.5, 0.6) is 5.75 Å². The highest BCUT2D eigenvalue weighted by Crippen LogP contribution is 2.33. The van der Waals surface area contributed by atoms with Gasteiger partial charge in [0.15, 0.2) is 23.0 Å². The molecule has 4 heterocycles. The molecule has 0 aliphatic carbocycles. The molecule has 1 fully saturated rings. The number of nitrogen functional groups attached to an aromatic ring is 1. The molecule has 34 heavy (non-hydrogen) atoms. The molecule has 0 saturated carbocycles. The number of benzene rings is 1. The van der Waals surface area contributed by atoms with Crippen LogP contribution >= 0.6 is 0 Å². The lowest BCUT2D eigenvalue weighted by Gasteiger charge is -2.36. The molecule has 4 atom stereocenters. The predicted molar refractivity (Wildman–Crippen MR) is 127 cm³/mol. The number of halogens is 1. The summed E-state index contributed by atoms with van der Waals surface area (Å²) in [5.41, 5.74) is 8.14. The Morgan fingerprint density at radius 3 is 2.76 bits per heavy atom. The fourth-order valence-corrected chi connectivity index (χ4v) is 4.66. The maximum absolute atomic E-state index is 14.4. The first kappa shape index (κ1) is 22.3. The second kappa shape index (κ2) is 8.39. The molecular formula is C23H29FN8O2. The molecule has 0 amide bonds. The maximum atomic E-state index is 14.4. The fourth-order valence-electron chi connectivity index (χ4n) is 4.66. The zero-order chi connectivity index (χ0) is 24.1. The zero-order valence-corrected chi connectivity index (χ0v) is 19.7. The molecule has 5 rings (SSSR count). The van der Waals surface area contributed by atoms with E-state index in [1.807, 2.05) is 19.3 Å². The van der Waals surface area contributed by atoms with Crippen LogP contribution in [-0.4, -0.2) is 60.8 Å². The summed E-state index contributed by atoms with van der Waals surface area (Å²) in [7, 11) is 1.41. The molecule has 0 bridgehead atoms. The van der Waals surface area contributed by atoms with E-state index in [2.05, 4.69) is 27.0 Å². The van der Waals surface area contributed by atoms with Crippen molar-refractivity contribution in [1.29, 1.82) is 0 Å². The number of nitrogens with zero attached hydrogens (tertiary/aromatic N) is 7. The minimum absolute atomic E-state index is 0.0544. The summed E-state index contributed by atoms with van der Waals surface area (Å²) in [6.07, 6.45) is 4.21. The maximum Gasteiger partial charge on any atom is 0.223 e. The van der Waals surface area contributed by atoms with Crippen molar-refractivity contribution in [3.05, 3.63) is 36.2 Å². The van der Waals surface area contributed by atoms with Crippen molar-refractivity contribution in [1.82, 2.24) is 29.4 Å². The summed E-state index contributed by atoms with van der Waals surface area (Å²) in [6, 6.07) is 2.77. The van der Waals surface area contributed by atoms with Gasteiger partial charge in [0, 0.05) is 36.7 Å². The van der Waals surface area contributed by atoms with Crippen molar-refractivity contribution in [2.75, 3.05) is 30.8 Å². The number of aliphatic hydroxyl groups excluding tert-OH is 1. The van der Waals surface area contributed by atoms with Crippen molar-refractivity contribution in [2.45, 2.75) is 45.3 Å². The zero-order valence-electron chi connectivity index (χ0n) is 19.7. The van der Waals surface area contributed by atoms with Crippen LogP contribution in [-0.2, 0) is 0 Å². The lowest BCUT2D eigenvalue weighted by Crippen LogP contribution is -2.39. The number of fused-ring (bicyclic) bond motifs is 3. The molecular weight excluding hydrogens is 439 g/mol. The summed E-state index contributed by atoms with van der Waals surface area (Å²) >= 11 is 0. The van der Waals surface area contributed by atoms with Gasteiger partial charge in [0.25, 0.3) is 0 Å². The van der Waals surface area contributed by atoms with Gasteiger partial charge in [-0.2, -0.15) is 9.61 Å². The third kappa shape index (κ3) is 3.79. The van der Waals surface area contributed by atoms with Gasteiger partial charge in [-0.25, -0.2) is 14.4 Å². The average Bonchev–Trinajstić information content (AvgIpc) is 3.47. The number of piperidine rings is 1. The lowest BCUT2D eigenvalue weighted by molar-refractivity contribution is 0.132. The highest BCUT2D eigenvalue weighted by molar-refractivity contribution is 5.93. The first-order valence-electron chi connectivity index (χ1n) is 11.4. The molecule has 1 aromatic carbocycles. The van der Waals surface area contributed by atoms with Crippen molar-refractivity contribution >= 4 is 28.2 Å². The molecule has 10 nitrogen and oxygen atoms in total. The van der Waals surface area contributed by atoms with Gasteiger partial charge in [0.1, 0.15) is 0 Å². The van der Waals surface area contributed by atoms with Crippen LogP contribution in [0.2, 0.25) is 0 Å². The monoisotopic (exact) mass is 468 g/mol. The molecule has 4 aromatic rings. The van der Waals surface area contributed by atoms with Gasteiger partial charge in [-0.1, -0.05) is 6.92 Å². The van der Waals surface area contributed by atoms with E-state index in [-0.39, 0.29) is 23.7 Å². The summed E-state index contributed by atoms with van der Waals surface area (Å²) < 4.78 is 22.8. The van der Waals surface area contributed by atoms with Crippen molar-refractivity contribution < 1.29 is 14.2 Å². The van der Waals surface area contributed by atoms with Gasteiger partial charge in [-0.05, 0) is 32.3 Å². The van der Waals surface area contributed by atoms with Gasteiger partial charge in [0.05, 0.1) is 36.7 Å². The van der Waals surface area contributed by atoms with Crippen LogP contribution in [0, 0.1) is 11.7 Å². The van der Waals surface area contributed by atoms with Crippen LogP contribution in [0.3, 0.4) is 0 Å². The van der Waals surface area contributed by atoms with Crippen molar-refractivity contribution in [2.24, 2.45) is 5.92 Å². The average molecular weight is 469 g/mol. The van der Waals surface area contributed by atoms with E-state index in [4.69, 9.17) is 15.5 Å². The van der Waals surface area contributed by atoms with Gasteiger partial charge < -0.3 is 20.5 Å². The van der Waals surface area contributed by atoms with Crippen LogP contribution in [0.1, 0.15) is 45.0 Å². The van der Waals surface area contributed by atoms with E-state index in [1.165, 1.54) is 23.8 Å². The Bertz CT molecular complexity index is 1350. The predicted octanol–water partition coefficient (Wildman–Crippen LogP) is 2.78. The molecule has 1 aliphatic heterocycles. The van der Waals surface area contributed by atoms with Gasteiger partial charge in [0.2, 0.25) is 5.95 Å². The Morgan fingerprint density at radius 2 is 2.03 bits per heavy atom. The van der Waals surface area contributed by atoms with E-state index in [9.17, 15) is 9.50 Å². The quantitative estimate of drug-likeness (QED) is 0.459. The highest BCUT2D eigenvalue weighted by atomic mass is 19.1. The van der Waals surface area contributed by atoms with Crippen LogP contribution in [0.15, 0.2) is 24.5 Å². The molecule has 3 N–H and O–H groups in total. The van der Waals surface area contributed by atoms with E-state index in [0.717, 1.165) is 18.7 Å². The van der Waals surface area contributed by atoms with Crippen LogP contribution < -0.4 is 15.4 Å². The lowest BCUT2D eigenvalue weighted by atomic mass is 9.90. The Hall–Kier alpha value is -3.47. The summed E-state index contributed by atoms with van der Waals surface area (Å²) in [4.78, 5) is 11.4. The van der Waals surface area contributed by atoms with E-state index >= 15 is 0 Å². The van der Waals surface area contributed by atoms with Crippen LogP contribution in [0.4, 0.5) is 16.0 Å². The minimum Gasteiger partial charge on any atom is -0.494 e. The summed E-state index contributed by atoms with van der Waals surface area (Å²) in [6.45, 7) is 7.49. The fraction of sp³-hybridized carbons (Fsp3) is 0.478. The second-order valence-electron chi connectivity index (χ2n) is 9.28. The van der Waals surface area contributed by atoms with Crippen LogP contribution in [0.25, 0.3) is 16.6 Å². The van der Waals surface area contributed by atoms with Gasteiger partial charge in [-0.15, -0.1) is 5.10 Å². The number of ether oxygens (including phenoxy) is 1. The van der Waals surface area contributed by atoms with Crippen molar-refractivity contribution in [3.63, 3.8) is 0 Å². The molecule has 11 heteroatoms. The third-order valence-electron chi connectivity index (χ3n) is 6.68. The highest BCUT2D eigenvalue weighted by Gasteiger charge is 2.30. The van der Waals surface area contributed by atoms with Gasteiger partial charge in [-0.3, -0.25) is 4.68 Å². The normalized spacial score (nSPS) is 20.7. The Labute approximate surface area is 196 Å². The SMILES string of the molecule is COc1cc2nc(N)n3nc(C4CC(C)CN(c5cnn(C(C)C(C)O)c5)C4)nc3c2cc1F. The molecule has 180 valence electrons. The molecule has 4 unspecified atom stereocenters. The minimum atomic E-state index is -0.498. The second-order valence-corrected chi connectivity index (χ2v) is 9.28. The number of methoxy groups -OCH3 is 1. The number of nitrogens with two attached hydrogens (primary N) is 1. The molecule has 0 radical (unpaired) electrons. The Balaban J connectivity index is 1.50. The number of aromatic nitrogens is 6. The van der Waals surface area contributed by atoms with E-state index in [1.54, 1.807) is 11.6 Å². The Morgan fingerprint density at radius 1 is 1.24 bits per heavy atom. The molecule has 0 spiro atoms. The first-order chi connectivity index (χ1) is 16.2. The third-order valence-corrected chi connectivity index (χ3v) is 6.68. The summed E-state index contributed by atoms with van der Waals surface area (Å²) in [5, 5.41) is 19.5. The van der Waals surface area contributed by atoms with E-state index < -0.39 is 11.9 Å². The number of hydrogen-bond donors (Lipinski definition) is 2. The topological polar surface area (TPSA) is 120 Å². The number of hydrogen-bond acceptors (Lipinski definition) is 8. The van der Waals surface area contributed by atoms with E-state index in [0.29, 0.717) is 34.8 Å². The van der Waals surface area contributed by atoms with Crippen molar-refractivity contribution in [3.8, 4) is 5.75 Å². The number of aliphatic hydroxyl groups is 1. The Kier molecular flexibility index (Phi) is 5.51. The number of rotatable bonds is 5. The molecule has 1 saturated heterocycles. The molecule has 1 aliphatic rings. The number of anilines is 2. The largest absolute Gasteiger partial charge is 0.494 e.